The van der Waals surface area contributed by atoms with Gasteiger partial charge in [-0.3, -0.25) is 4.40 Å². The van der Waals surface area contributed by atoms with Crippen molar-refractivity contribution in [1.82, 2.24) is 9.38 Å². The summed E-state index contributed by atoms with van der Waals surface area (Å²) >= 11 is 3.52. The van der Waals surface area contributed by atoms with Crippen LogP contribution in [0.3, 0.4) is 0 Å². The van der Waals surface area contributed by atoms with Crippen LogP contribution in [0.2, 0.25) is 0 Å². The highest BCUT2D eigenvalue weighted by atomic mass is 79.9. The fourth-order valence-electron chi connectivity index (χ4n) is 1.35. The zero-order chi connectivity index (χ0) is 9.42. The molecule has 2 heterocycles. The first kappa shape index (κ1) is 8.56. The predicted molar refractivity (Wildman–Crippen MR) is 56.7 cm³/mol. The number of nitrogen functional groups attached to an aromatic ring is 1. The fraction of sp³-hybridized carbons (Fsp3) is 0.222. The Labute approximate surface area is 84.7 Å². The number of pyridine rings is 1. The first-order chi connectivity index (χ1) is 6.24. The van der Waals surface area contributed by atoms with Crippen LogP contribution in [0.5, 0.6) is 0 Å². The zero-order valence-corrected chi connectivity index (χ0v) is 8.87. The molecule has 0 spiro atoms. The lowest BCUT2D eigenvalue weighted by Crippen LogP contribution is -1.94. The molecule has 2 rings (SSSR count). The molecule has 3 nitrogen and oxygen atoms in total. The van der Waals surface area contributed by atoms with E-state index >= 15 is 0 Å². The molecule has 0 unspecified atom stereocenters. The molecule has 68 valence electrons. The third-order valence-electron chi connectivity index (χ3n) is 2.11. The molecule has 0 aliphatic carbocycles. The van der Waals surface area contributed by atoms with E-state index in [0.29, 0.717) is 5.82 Å². The maximum Gasteiger partial charge on any atom is 0.152 e. The van der Waals surface area contributed by atoms with E-state index in [1.807, 2.05) is 10.6 Å². The minimum absolute atomic E-state index is 0.665. The van der Waals surface area contributed by atoms with Gasteiger partial charge in [0.2, 0.25) is 0 Å². The summed E-state index contributed by atoms with van der Waals surface area (Å²) in [5.41, 5.74) is 7.85. The lowest BCUT2D eigenvalue weighted by atomic mass is 10.2. The number of fused-ring (bicyclic) bond motifs is 1. The molecule has 0 aliphatic rings. The quantitative estimate of drug-likeness (QED) is 0.830. The number of hydrogen-bond acceptors (Lipinski definition) is 2. The smallest absolute Gasteiger partial charge is 0.152 e. The Balaban J connectivity index is 2.80. The maximum absolute atomic E-state index is 5.72. The highest BCUT2D eigenvalue weighted by Crippen LogP contribution is 2.23. The van der Waals surface area contributed by atoms with Crippen molar-refractivity contribution in [3.63, 3.8) is 0 Å². The molecule has 13 heavy (non-hydrogen) atoms. The molecule has 4 heteroatoms. The summed E-state index contributed by atoms with van der Waals surface area (Å²) in [6, 6.07) is 2.05. The second-order valence-electron chi connectivity index (χ2n) is 2.89. The van der Waals surface area contributed by atoms with Crippen LogP contribution >= 0.6 is 15.9 Å². The second kappa shape index (κ2) is 3.03. The van der Waals surface area contributed by atoms with E-state index in [1.54, 1.807) is 6.20 Å². The van der Waals surface area contributed by atoms with Crippen LogP contribution in [0, 0.1) is 0 Å². The van der Waals surface area contributed by atoms with Crippen LogP contribution < -0.4 is 5.73 Å². The summed E-state index contributed by atoms with van der Waals surface area (Å²) in [6.45, 7) is 2.11. The summed E-state index contributed by atoms with van der Waals surface area (Å²) in [5, 5.41) is 0. The summed E-state index contributed by atoms with van der Waals surface area (Å²) in [4.78, 5) is 4.22. The van der Waals surface area contributed by atoms with E-state index in [-0.39, 0.29) is 0 Å². The molecule has 0 fully saturated rings. The van der Waals surface area contributed by atoms with Gasteiger partial charge in [0.15, 0.2) is 5.65 Å². The number of aromatic nitrogens is 2. The average Bonchev–Trinajstić information content (AvgIpc) is 2.50. The highest BCUT2D eigenvalue weighted by Gasteiger charge is 2.06. The van der Waals surface area contributed by atoms with E-state index in [0.717, 1.165) is 16.5 Å². The number of anilines is 1. The van der Waals surface area contributed by atoms with Crippen molar-refractivity contribution in [2.45, 2.75) is 13.3 Å². The first-order valence-corrected chi connectivity index (χ1v) is 4.93. The minimum atomic E-state index is 0.665. The van der Waals surface area contributed by atoms with Gasteiger partial charge in [0.25, 0.3) is 0 Å². The molecule has 0 aliphatic heterocycles. The Kier molecular flexibility index (Phi) is 2.00. The van der Waals surface area contributed by atoms with E-state index in [2.05, 4.69) is 33.9 Å². The number of imidazole rings is 1. The Morgan fingerprint density at radius 3 is 3.08 bits per heavy atom. The van der Waals surface area contributed by atoms with E-state index in [4.69, 9.17) is 5.73 Å². The topological polar surface area (TPSA) is 43.3 Å². The lowest BCUT2D eigenvalue weighted by molar-refractivity contribution is 1.09. The SMILES string of the molecule is CCc1ccn2c(N)cnc2c1Br. The third-order valence-corrected chi connectivity index (χ3v) is 2.97. The predicted octanol–water partition coefficient (Wildman–Crippen LogP) is 2.24. The Morgan fingerprint density at radius 1 is 1.62 bits per heavy atom. The van der Waals surface area contributed by atoms with E-state index in [9.17, 15) is 0 Å². The Hall–Kier alpha value is -1.03. The van der Waals surface area contributed by atoms with Gasteiger partial charge in [0, 0.05) is 6.20 Å². The molecule has 0 radical (unpaired) electrons. The zero-order valence-electron chi connectivity index (χ0n) is 7.29. The van der Waals surface area contributed by atoms with Gasteiger partial charge in [-0.1, -0.05) is 6.92 Å². The first-order valence-electron chi connectivity index (χ1n) is 4.14. The van der Waals surface area contributed by atoms with Crippen molar-refractivity contribution in [3.05, 3.63) is 28.5 Å². The fourth-order valence-corrected chi connectivity index (χ4v) is 2.05. The van der Waals surface area contributed by atoms with Gasteiger partial charge in [-0.2, -0.15) is 0 Å². The van der Waals surface area contributed by atoms with Gasteiger partial charge in [-0.15, -0.1) is 0 Å². The highest BCUT2D eigenvalue weighted by molar-refractivity contribution is 9.10. The van der Waals surface area contributed by atoms with Gasteiger partial charge < -0.3 is 5.73 Å². The number of halogens is 1. The van der Waals surface area contributed by atoms with Crippen LogP contribution in [0.15, 0.2) is 22.9 Å². The van der Waals surface area contributed by atoms with Gasteiger partial charge in [0.05, 0.1) is 10.7 Å². The van der Waals surface area contributed by atoms with Crippen molar-refractivity contribution >= 4 is 27.4 Å². The van der Waals surface area contributed by atoms with Crippen molar-refractivity contribution in [3.8, 4) is 0 Å². The van der Waals surface area contributed by atoms with Crippen molar-refractivity contribution in [2.75, 3.05) is 5.73 Å². The number of rotatable bonds is 1. The maximum atomic E-state index is 5.72. The van der Waals surface area contributed by atoms with Crippen molar-refractivity contribution in [2.24, 2.45) is 0 Å². The van der Waals surface area contributed by atoms with Crippen LogP contribution in [-0.2, 0) is 6.42 Å². The van der Waals surface area contributed by atoms with Crippen molar-refractivity contribution < 1.29 is 0 Å². The van der Waals surface area contributed by atoms with E-state index < -0.39 is 0 Å². The largest absolute Gasteiger partial charge is 0.383 e. The summed E-state index contributed by atoms with van der Waals surface area (Å²) in [6.07, 6.45) is 4.60. The average molecular weight is 240 g/mol. The van der Waals surface area contributed by atoms with Crippen LogP contribution in [-0.4, -0.2) is 9.38 Å². The molecule has 2 N–H and O–H groups in total. The molecule has 0 saturated carbocycles. The van der Waals surface area contributed by atoms with Crippen LogP contribution in [0.25, 0.3) is 5.65 Å². The standard InChI is InChI=1S/C9H10BrN3/c1-2-6-3-4-13-7(11)5-12-9(13)8(6)10/h3-5H,2,11H2,1H3. The summed E-state index contributed by atoms with van der Waals surface area (Å²) in [7, 11) is 0. The van der Waals surface area contributed by atoms with Crippen molar-refractivity contribution in [1.29, 1.82) is 0 Å². The molecule has 2 aromatic heterocycles. The number of nitrogens with zero attached hydrogens (tertiary/aromatic N) is 2. The second-order valence-corrected chi connectivity index (χ2v) is 3.68. The Bertz CT molecular complexity index is 447. The number of hydrogen-bond donors (Lipinski definition) is 1. The summed E-state index contributed by atoms with van der Waals surface area (Å²) in [5.74, 6) is 0.665. The number of nitrogens with two attached hydrogens (primary N) is 1. The van der Waals surface area contributed by atoms with E-state index in [1.165, 1.54) is 5.56 Å². The lowest BCUT2D eigenvalue weighted by Gasteiger charge is -2.03. The van der Waals surface area contributed by atoms with Gasteiger partial charge >= 0.3 is 0 Å². The molecule has 0 bridgehead atoms. The van der Waals surface area contributed by atoms with Crippen LogP contribution in [0.4, 0.5) is 5.82 Å². The Morgan fingerprint density at radius 2 is 2.38 bits per heavy atom. The molecule has 2 aromatic rings. The van der Waals surface area contributed by atoms with Gasteiger partial charge in [0.1, 0.15) is 5.82 Å². The molecule has 0 amide bonds. The summed E-state index contributed by atoms with van der Waals surface area (Å²) < 4.78 is 2.90. The molecular weight excluding hydrogens is 230 g/mol. The van der Waals surface area contributed by atoms with Gasteiger partial charge in [-0.25, -0.2) is 4.98 Å². The molecule has 0 atom stereocenters. The number of aryl methyl sites for hydroxylation is 1. The molecule has 0 aromatic carbocycles. The van der Waals surface area contributed by atoms with Crippen LogP contribution in [0.1, 0.15) is 12.5 Å². The monoisotopic (exact) mass is 239 g/mol. The van der Waals surface area contributed by atoms with Gasteiger partial charge in [-0.05, 0) is 34.0 Å². The minimum Gasteiger partial charge on any atom is -0.383 e. The third kappa shape index (κ3) is 1.21. The molecular formula is C9H10BrN3. The molecule has 0 saturated heterocycles. The normalized spacial score (nSPS) is 10.9.